The number of hydrogen-bond donors (Lipinski definition) is 0. The summed E-state index contributed by atoms with van der Waals surface area (Å²) in [7, 11) is 0. The van der Waals surface area contributed by atoms with Crippen molar-refractivity contribution in [3.63, 3.8) is 0 Å². The number of para-hydroxylation sites is 3. The molecule has 0 amide bonds. The largest absolute Gasteiger partial charge is 0.317 e. The Morgan fingerprint density at radius 2 is 0.924 bits per heavy atom. The molecular formula is C58H33N5S3. The molecule has 0 fully saturated rings. The van der Waals surface area contributed by atoms with Crippen LogP contribution >= 0.6 is 34.0 Å². The molecule has 1 aliphatic heterocycles. The van der Waals surface area contributed by atoms with Crippen molar-refractivity contribution in [2.24, 2.45) is 0 Å². The zero-order valence-electron chi connectivity index (χ0n) is 35.0. The van der Waals surface area contributed by atoms with Crippen LogP contribution in [0.5, 0.6) is 0 Å². The van der Waals surface area contributed by atoms with Crippen LogP contribution in [0.25, 0.3) is 118 Å². The van der Waals surface area contributed by atoms with Gasteiger partial charge in [-0.05, 0) is 82.9 Å². The summed E-state index contributed by atoms with van der Waals surface area (Å²) >= 11 is 5.60. The lowest BCUT2D eigenvalue weighted by molar-refractivity contribution is 0.782. The van der Waals surface area contributed by atoms with E-state index in [1.807, 2.05) is 34.0 Å². The van der Waals surface area contributed by atoms with E-state index in [0.29, 0.717) is 0 Å². The minimum atomic E-state index is 0.0294. The molecule has 308 valence electrons. The van der Waals surface area contributed by atoms with Crippen molar-refractivity contribution in [2.75, 3.05) is 4.90 Å². The Morgan fingerprint density at radius 3 is 1.61 bits per heavy atom. The lowest BCUT2D eigenvalue weighted by Crippen LogP contribution is -2.36. The normalized spacial score (nSPS) is 15.8. The van der Waals surface area contributed by atoms with E-state index in [2.05, 4.69) is 202 Å². The van der Waals surface area contributed by atoms with E-state index in [9.17, 15) is 0 Å². The Balaban J connectivity index is 1.02. The smallest absolute Gasteiger partial charge is 0.184 e. The van der Waals surface area contributed by atoms with Gasteiger partial charge in [0.05, 0.1) is 33.8 Å². The number of rotatable bonds is 3. The maximum Gasteiger partial charge on any atom is 0.184 e. The van der Waals surface area contributed by atoms with Crippen LogP contribution in [0.4, 0.5) is 11.5 Å². The molecule has 1 aliphatic carbocycles. The van der Waals surface area contributed by atoms with E-state index < -0.39 is 0 Å². The highest BCUT2D eigenvalue weighted by Crippen LogP contribution is 2.49. The van der Waals surface area contributed by atoms with Gasteiger partial charge in [0, 0.05) is 88.8 Å². The fraction of sp³-hybridized carbons (Fsp3) is 0.0345. The zero-order valence-corrected chi connectivity index (χ0v) is 37.5. The summed E-state index contributed by atoms with van der Waals surface area (Å²) in [4.78, 5) is 2.45. The summed E-state index contributed by atoms with van der Waals surface area (Å²) in [5.74, 6) is 1.77. The van der Waals surface area contributed by atoms with Gasteiger partial charge in [-0.25, -0.2) is 0 Å². The van der Waals surface area contributed by atoms with E-state index in [4.69, 9.17) is 10.2 Å². The minimum absolute atomic E-state index is 0.0294. The predicted molar refractivity (Wildman–Crippen MR) is 282 cm³/mol. The van der Waals surface area contributed by atoms with Crippen molar-refractivity contribution in [3.8, 4) is 11.5 Å². The fourth-order valence-corrected chi connectivity index (χ4v) is 14.9. The third-order valence-corrected chi connectivity index (χ3v) is 17.8. The lowest BCUT2D eigenvalue weighted by Gasteiger charge is -2.28. The average Bonchev–Trinajstić information content (AvgIpc) is 4.21. The van der Waals surface area contributed by atoms with Gasteiger partial charge in [-0.15, -0.1) is 44.2 Å². The topological polar surface area (TPSA) is 38.9 Å². The summed E-state index contributed by atoms with van der Waals surface area (Å²) in [5.41, 5.74) is 7.96. The predicted octanol–water partition coefficient (Wildman–Crippen LogP) is 14.5. The van der Waals surface area contributed by atoms with Crippen LogP contribution in [-0.2, 0) is 0 Å². The van der Waals surface area contributed by atoms with Gasteiger partial charge in [0.15, 0.2) is 11.6 Å². The monoisotopic (exact) mass is 895 g/mol. The van der Waals surface area contributed by atoms with Crippen molar-refractivity contribution in [2.45, 2.75) is 12.0 Å². The highest BCUT2D eigenvalue weighted by molar-refractivity contribution is 7.26. The fourth-order valence-electron chi connectivity index (χ4n) is 11.5. The van der Waals surface area contributed by atoms with Crippen LogP contribution in [0.2, 0.25) is 0 Å². The highest BCUT2D eigenvalue weighted by atomic mass is 32.1. The number of aromatic nitrogens is 4. The summed E-state index contributed by atoms with van der Waals surface area (Å²) in [5, 5.41) is 23.5. The molecule has 5 nitrogen and oxygen atoms in total. The van der Waals surface area contributed by atoms with E-state index in [0.717, 1.165) is 39.4 Å². The van der Waals surface area contributed by atoms with Crippen molar-refractivity contribution < 1.29 is 0 Å². The third-order valence-electron chi connectivity index (χ3n) is 14.3. The van der Waals surface area contributed by atoms with Crippen molar-refractivity contribution in [1.29, 1.82) is 0 Å². The first-order valence-corrected chi connectivity index (χ1v) is 24.8. The standard InChI is InChI=1S/C58H33N5S3/c1-7-19-44-32(13-1)38-25-41-35-16-4-10-22-51(35)64-54(41)28-47(38)61(44)50-31-57(62-45-20-8-2-14-33(45)39-26-42-36-17-5-11-23-52(36)65-55(42)29-48(39)62)59-60-58(50)63-46-21-9-3-15-34(46)40-27-43-37-18-6-12-24-53(37)66-56(43)30-49(40)63/h1-31,39,48H. The Hall–Kier alpha value is -7.62. The van der Waals surface area contributed by atoms with E-state index >= 15 is 0 Å². The molecule has 8 aromatic carbocycles. The molecule has 66 heavy (non-hydrogen) atoms. The molecule has 7 heterocycles. The van der Waals surface area contributed by atoms with Gasteiger partial charge >= 0.3 is 0 Å². The maximum absolute atomic E-state index is 5.48. The second-order valence-corrected chi connectivity index (χ2v) is 20.9. The number of benzene rings is 8. The van der Waals surface area contributed by atoms with Crippen molar-refractivity contribution in [1.82, 2.24) is 19.3 Å². The van der Waals surface area contributed by atoms with Gasteiger partial charge < -0.3 is 9.47 Å². The first-order valence-electron chi connectivity index (χ1n) is 22.4. The number of thiophene rings is 3. The molecule has 2 atom stereocenters. The number of anilines is 2. The number of fused-ring (bicyclic) bond motifs is 18. The van der Waals surface area contributed by atoms with Gasteiger partial charge in [-0.1, -0.05) is 115 Å². The first-order chi connectivity index (χ1) is 32.7. The summed E-state index contributed by atoms with van der Waals surface area (Å²) in [6, 6.07) is 65.0. The van der Waals surface area contributed by atoms with Gasteiger partial charge in [-0.3, -0.25) is 4.57 Å². The Kier molecular flexibility index (Phi) is 7.04. The van der Waals surface area contributed by atoms with Gasteiger partial charge in [0.2, 0.25) is 0 Å². The van der Waals surface area contributed by atoms with Crippen molar-refractivity contribution >= 4 is 152 Å². The molecule has 0 N–H and O–H groups in total. The van der Waals surface area contributed by atoms with Crippen LogP contribution in [-0.4, -0.2) is 25.4 Å². The molecule has 2 unspecified atom stereocenters. The molecule has 2 aliphatic rings. The maximum atomic E-state index is 5.48. The van der Waals surface area contributed by atoms with Gasteiger partial charge in [-0.2, -0.15) is 0 Å². The van der Waals surface area contributed by atoms with E-state index in [1.165, 1.54) is 93.0 Å². The first kappa shape index (κ1) is 35.7. The second kappa shape index (κ2) is 13.0. The highest BCUT2D eigenvalue weighted by Gasteiger charge is 2.40. The SMILES string of the molecule is C1=c2sc3ccccc3c2=CC2c3ccccc3N(c3cc(-n4c5ccccc5c5cc6c(cc54)sc4ccccc46)c(-n4c5ccccc5c5cc6c(cc54)sc4ccccc46)nn3)C12. The zero-order chi connectivity index (χ0) is 42.8. The Morgan fingerprint density at radius 1 is 0.379 bits per heavy atom. The molecule has 0 bridgehead atoms. The van der Waals surface area contributed by atoms with Gasteiger partial charge in [0.1, 0.15) is 0 Å². The molecule has 6 aromatic heterocycles. The molecular weight excluding hydrogens is 863 g/mol. The molecule has 0 radical (unpaired) electrons. The lowest BCUT2D eigenvalue weighted by atomic mass is 9.90. The quantitative estimate of drug-likeness (QED) is 0.177. The molecule has 8 heteroatoms. The summed E-state index contributed by atoms with van der Waals surface area (Å²) < 4.78 is 12.6. The van der Waals surface area contributed by atoms with Gasteiger partial charge in [0.25, 0.3) is 0 Å². The van der Waals surface area contributed by atoms with Crippen LogP contribution in [0.15, 0.2) is 176 Å². The summed E-state index contributed by atoms with van der Waals surface area (Å²) in [6.07, 6.45) is 5.00. The van der Waals surface area contributed by atoms with Crippen LogP contribution in [0.3, 0.4) is 0 Å². The van der Waals surface area contributed by atoms with Crippen LogP contribution in [0.1, 0.15) is 11.5 Å². The molecule has 14 aromatic rings. The Bertz CT molecular complexity index is 4580. The molecule has 16 rings (SSSR count). The van der Waals surface area contributed by atoms with E-state index in [-0.39, 0.29) is 12.0 Å². The summed E-state index contributed by atoms with van der Waals surface area (Å²) in [6.45, 7) is 0. The van der Waals surface area contributed by atoms with E-state index in [1.54, 1.807) is 0 Å². The molecule has 0 saturated carbocycles. The van der Waals surface area contributed by atoms with Crippen LogP contribution < -0.4 is 14.7 Å². The minimum Gasteiger partial charge on any atom is -0.317 e. The number of hydrogen-bond acceptors (Lipinski definition) is 6. The third kappa shape index (κ3) is 4.72. The average molecular weight is 896 g/mol. The Labute approximate surface area is 388 Å². The molecule has 0 saturated heterocycles. The van der Waals surface area contributed by atoms with Crippen molar-refractivity contribution in [3.05, 3.63) is 191 Å². The molecule has 0 spiro atoms. The van der Waals surface area contributed by atoms with Crippen LogP contribution in [0, 0.1) is 0 Å². The number of nitrogens with zero attached hydrogens (tertiary/aromatic N) is 5. The second-order valence-electron chi connectivity index (χ2n) is 17.7.